The average molecular weight is 268 g/mol. The Bertz CT molecular complexity index is 512. The molecule has 0 unspecified atom stereocenters. The fraction of sp³-hybridized carbons (Fsp3) is 0.100. The number of hydrogen-bond donors (Lipinski definition) is 2. The van der Waals surface area contributed by atoms with E-state index < -0.39 is 0 Å². The Morgan fingerprint density at radius 1 is 1.33 bits per heavy atom. The summed E-state index contributed by atoms with van der Waals surface area (Å²) in [5, 5.41) is 5.71. The van der Waals surface area contributed by atoms with E-state index >= 15 is 0 Å². The van der Waals surface area contributed by atoms with Crippen molar-refractivity contribution in [2.75, 3.05) is 12.4 Å². The van der Waals surface area contributed by atoms with E-state index in [1.54, 1.807) is 13.2 Å². The van der Waals surface area contributed by atoms with Gasteiger partial charge in [0.2, 0.25) is 0 Å². The fourth-order valence-electron chi connectivity index (χ4n) is 1.33. The van der Waals surface area contributed by atoms with E-state index in [0.717, 1.165) is 10.2 Å². The van der Waals surface area contributed by atoms with Gasteiger partial charge < -0.3 is 5.32 Å². The van der Waals surface area contributed by atoms with Gasteiger partial charge >= 0.3 is 0 Å². The molecule has 0 radical (unpaired) electrons. The molecule has 78 valence electrons. The lowest BCUT2D eigenvalue weighted by Crippen LogP contribution is -2.16. The van der Waals surface area contributed by atoms with E-state index in [0.29, 0.717) is 5.69 Å². The highest BCUT2D eigenvalue weighted by atomic mass is 79.9. The van der Waals surface area contributed by atoms with E-state index in [9.17, 15) is 4.79 Å². The molecule has 0 atom stereocenters. The van der Waals surface area contributed by atoms with E-state index in [1.165, 1.54) is 4.68 Å². The van der Waals surface area contributed by atoms with Crippen LogP contribution in [0.4, 0.5) is 5.69 Å². The summed E-state index contributed by atoms with van der Waals surface area (Å²) < 4.78 is 2.47. The first-order valence-electron chi connectivity index (χ1n) is 4.46. The van der Waals surface area contributed by atoms with Crippen LogP contribution in [0.2, 0.25) is 0 Å². The van der Waals surface area contributed by atoms with Gasteiger partial charge in [-0.3, -0.25) is 9.89 Å². The molecular formula is C10H10BrN3O. The van der Waals surface area contributed by atoms with Crippen LogP contribution in [-0.4, -0.2) is 16.8 Å². The molecule has 0 aliphatic heterocycles. The van der Waals surface area contributed by atoms with Crippen molar-refractivity contribution in [2.45, 2.75) is 0 Å². The standard InChI is InChI=1S/C10H10BrN3O/c1-12-9-6-13-14(10(9)15)8-4-2-7(11)3-5-8/h2-6,12-13H,1H3. The summed E-state index contributed by atoms with van der Waals surface area (Å²) in [6.07, 6.45) is 1.64. The third-order valence-electron chi connectivity index (χ3n) is 2.13. The average Bonchev–Trinajstić information content (AvgIpc) is 2.61. The van der Waals surface area contributed by atoms with Crippen LogP contribution in [0.5, 0.6) is 0 Å². The van der Waals surface area contributed by atoms with Crippen LogP contribution in [0.15, 0.2) is 39.7 Å². The minimum Gasteiger partial charge on any atom is -0.382 e. The van der Waals surface area contributed by atoms with Crippen molar-refractivity contribution in [1.82, 2.24) is 9.78 Å². The highest BCUT2D eigenvalue weighted by Gasteiger charge is 2.05. The molecule has 0 aliphatic rings. The molecule has 1 heterocycles. The zero-order valence-electron chi connectivity index (χ0n) is 8.12. The van der Waals surface area contributed by atoms with Gasteiger partial charge in [0.1, 0.15) is 5.69 Å². The largest absolute Gasteiger partial charge is 0.382 e. The monoisotopic (exact) mass is 267 g/mol. The van der Waals surface area contributed by atoms with Gasteiger partial charge in [0.15, 0.2) is 0 Å². The van der Waals surface area contributed by atoms with Gasteiger partial charge in [0.25, 0.3) is 5.56 Å². The number of anilines is 1. The molecule has 0 saturated carbocycles. The van der Waals surface area contributed by atoms with E-state index in [4.69, 9.17) is 0 Å². The summed E-state index contributed by atoms with van der Waals surface area (Å²) in [5.74, 6) is 0. The maximum atomic E-state index is 11.7. The Balaban J connectivity index is 2.50. The van der Waals surface area contributed by atoms with Gasteiger partial charge in [0.05, 0.1) is 5.69 Å². The summed E-state index contributed by atoms with van der Waals surface area (Å²) in [6.45, 7) is 0. The van der Waals surface area contributed by atoms with Crippen LogP contribution < -0.4 is 10.9 Å². The second kappa shape index (κ2) is 3.94. The van der Waals surface area contributed by atoms with Crippen molar-refractivity contribution >= 4 is 21.6 Å². The van der Waals surface area contributed by atoms with Crippen LogP contribution in [0, 0.1) is 0 Å². The first kappa shape index (κ1) is 10.0. The zero-order valence-corrected chi connectivity index (χ0v) is 9.71. The molecule has 4 nitrogen and oxygen atoms in total. The second-order valence-electron chi connectivity index (χ2n) is 3.05. The van der Waals surface area contributed by atoms with Crippen molar-refractivity contribution in [3.63, 3.8) is 0 Å². The Labute approximate surface area is 95.0 Å². The van der Waals surface area contributed by atoms with E-state index in [1.807, 2.05) is 24.3 Å². The van der Waals surface area contributed by atoms with Crippen LogP contribution in [-0.2, 0) is 0 Å². The predicted molar refractivity (Wildman–Crippen MR) is 63.6 cm³/mol. The predicted octanol–water partition coefficient (Wildman–Crippen LogP) is 1.97. The number of rotatable bonds is 2. The third kappa shape index (κ3) is 1.83. The smallest absolute Gasteiger partial charge is 0.294 e. The van der Waals surface area contributed by atoms with E-state index in [2.05, 4.69) is 26.3 Å². The molecule has 0 amide bonds. The van der Waals surface area contributed by atoms with Crippen LogP contribution in [0.3, 0.4) is 0 Å². The first-order chi connectivity index (χ1) is 7.22. The number of nitrogens with one attached hydrogen (secondary N) is 2. The lowest BCUT2D eigenvalue weighted by Gasteiger charge is -2.00. The molecule has 0 fully saturated rings. The van der Waals surface area contributed by atoms with E-state index in [-0.39, 0.29) is 5.56 Å². The highest BCUT2D eigenvalue weighted by molar-refractivity contribution is 9.10. The number of aromatic nitrogens is 2. The van der Waals surface area contributed by atoms with Gasteiger partial charge in [-0.1, -0.05) is 15.9 Å². The van der Waals surface area contributed by atoms with Crippen molar-refractivity contribution in [3.8, 4) is 5.69 Å². The van der Waals surface area contributed by atoms with Crippen molar-refractivity contribution in [1.29, 1.82) is 0 Å². The number of halogens is 1. The maximum absolute atomic E-state index is 11.7. The van der Waals surface area contributed by atoms with Crippen molar-refractivity contribution < 1.29 is 0 Å². The van der Waals surface area contributed by atoms with Crippen molar-refractivity contribution in [2.24, 2.45) is 0 Å². The van der Waals surface area contributed by atoms with Crippen LogP contribution in [0.25, 0.3) is 5.69 Å². The van der Waals surface area contributed by atoms with Gasteiger partial charge in [-0.15, -0.1) is 0 Å². The number of hydrogen-bond acceptors (Lipinski definition) is 2. The van der Waals surface area contributed by atoms with Gasteiger partial charge in [-0.25, -0.2) is 4.68 Å². The fourth-order valence-corrected chi connectivity index (χ4v) is 1.60. The van der Waals surface area contributed by atoms with Gasteiger partial charge in [-0.2, -0.15) is 0 Å². The Kier molecular flexibility index (Phi) is 2.64. The van der Waals surface area contributed by atoms with Gasteiger partial charge in [0, 0.05) is 17.7 Å². The minimum absolute atomic E-state index is 0.0835. The lowest BCUT2D eigenvalue weighted by molar-refractivity contribution is 0.849. The van der Waals surface area contributed by atoms with Crippen LogP contribution >= 0.6 is 15.9 Å². The molecule has 0 bridgehead atoms. The molecule has 0 spiro atoms. The molecule has 2 N–H and O–H groups in total. The van der Waals surface area contributed by atoms with Crippen LogP contribution in [0.1, 0.15) is 0 Å². The topological polar surface area (TPSA) is 49.8 Å². The Morgan fingerprint density at radius 2 is 2.00 bits per heavy atom. The number of benzene rings is 1. The Morgan fingerprint density at radius 3 is 2.53 bits per heavy atom. The molecule has 5 heteroatoms. The van der Waals surface area contributed by atoms with Gasteiger partial charge in [-0.05, 0) is 24.3 Å². The summed E-state index contributed by atoms with van der Waals surface area (Å²) in [5.41, 5.74) is 1.28. The first-order valence-corrected chi connectivity index (χ1v) is 5.26. The summed E-state index contributed by atoms with van der Waals surface area (Å²) in [4.78, 5) is 11.7. The maximum Gasteiger partial charge on any atom is 0.294 e. The molecular weight excluding hydrogens is 258 g/mol. The summed E-state index contributed by atoms with van der Waals surface area (Å²) in [7, 11) is 1.72. The molecule has 0 saturated heterocycles. The molecule has 2 rings (SSSR count). The highest BCUT2D eigenvalue weighted by Crippen LogP contribution is 2.12. The molecule has 1 aromatic carbocycles. The normalized spacial score (nSPS) is 10.3. The number of H-pyrrole nitrogens is 1. The summed E-state index contributed by atoms with van der Waals surface area (Å²) >= 11 is 3.35. The SMILES string of the molecule is CNc1c[nH]n(-c2ccc(Br)cc2)c1=O. The molecule has 0 aliphatic carbocycles. The molecule has 15 heavy (non-hydrogen) atoms. The zero-order chi connectivity index (χ0) is 10.8. The second-order valence-corrected chi connectivity index (χ2v) is 3.97. The minimum atomic E-state index is -0.0835. The molecule has 2 aromatic rings. The Hall–Kier alpha value is -1.49. The molecule has 1 aromatic heterocycles. The lowest BCUT2D eigenvalue weighted by atomic mass is 10.3. The quantitative estimate of drug-likeness (QED) is 0.874. The third-order valence-corrected chi connectivity index (χ3v) is 2.65. The summed E-state index contributed by atoms with van der Waals surface area (Å²) in [6, 6.07) is 7.51. The number of nitrogens with zero attached hydrogens (tertiary/aromatic N) is 1. The number of aromatic amines is 1. The van der Waals surface area contributed by atoms with Crippen molar-refractivity contribution in [3.05, 3.63) is 45.3 Å².